The van der Waals surface area contributed by atoms with Crippen molar-refractivity contribution in [2.75, 3.05) is 6.26 Å². The third kappa shape index (κ3) is 3.37. The highest BCUT2D eigenvalue weighted by molar-refractivity contribution is 7.90. The highest BCUT2D eigenvalue weighted by Crippen LogP contribution is 2.46. The van der Waals surface area contributed by atoms with Gasteiger partial charge in [-0.15, -0.1) is 0 Å². The summed E-state index contributed by atoms with van der Waals surface area (Å²) in [6.07, 6.45) is 0.507. The molecule has 2 aromatic carbocycles. The SMILES string of the molecule is CC1(C)OC(c2cccc(F)c2)C(c2ccc(S(C)(=O)=O)cc2)C1=O. The lowest BCUT2D eigenvalue weighted by Crippen LogP contribution is -2.29. The van der Waals surface area contributed by atoms with E-state index >= 15 is 0 Å². The van der Waals surface area contributed by atoms with Gasteiger partial charge in [-0.2, -0.15) is 0 Å². The fourth-order valence-corrected chi connectivity index (χ4v) is 3.78. The van der Waals surface area contributed by atoms with Gasteiger partial charge in [0, 0.05) is 6.26 Å². The summed E-state index contributed by atoms with van der Waals surface area (Å²) in [5.74, 6) is -1.14. The van der Waals surface area contributed by atoms with Crippen LogP contribution in [0.3, 0.4) is 0 Å². The van der Waals surface area contributed by atoms with Crippen LogP contribution in [0.5, 0.6) is 0 Å². The van der Waals surface area contributed by atoms with Gasteiger partial charge in [-0.25, -0.2) is 12.8 Å². The lowest BCUT2D eigenvalue weighted by molar-refractivity contribution is -0.130. The second kappa shape index (κ2) is 6.04. The molecule has 0 spiro atoms. The van der Waals surface area contributed by atoms with Crippen molar-refractivity contribution in [2.24, 2.45) is 0 Å². The molecule has 0 saturated carbocycles. The van der Waals surface area contributed by atoms with E-state index in [1.165, 1.54) is 24.3 Å². The maximum absolute atomic E-state index is 13.6. The van der Waals surface area contributed by atoms with E-state index in [-0.39, 0.29) is 10.7 Å². The Morgan fingerprint density at radius 3 is 2.24 bits per heavy atom. The summed E-state index contributed by atoms with van der Waals surface area (Å²) in [5.41, 5.74) is 0.227. The predicted molar refractivity (Wildman–Crippen MR) is 91.6 cm³/mol. The molecule has 4 nitrogen and oxygen atoms in total. The molecule has 0 bridgehead atoms. The van der Waals surface area contributed by atoms with E-state index in [2.05, 4.69) is 0 Å². The number of halogens is 1. The first-order valence-electron chi connectivity index (χ1n) is 7.87. The summed E-state index contributed by atoms with van der Waals surface area (Å²) < 4.78 is 42.8. The second-order valence-corrected chi connectivity index (χ2v) is 8.80. The molecular formula is C19H19FO4S. The van der Waals surface area contributed by atoms with Crippen LogP contribution in [0.1, 0.15) is 37.0 Å². The zero-order valence-corrected chi connectivity index (χ0v) is 15.0. The number of sulfone groups is 1. The molecule has 0 N–H and O–H groups in total. The van der Waals surface area contributed by atoms with Crippen LogP contribution in [0.4, 0.5) is 4.39 Å². The predicted octanol–water partition coefficient (Wildman–Crippen LogP) is 3.43. The Hall–Kier alpha value is -2.05. The molecule has 1 aliphatic heterocycles. The Bertz CT molecular complexity index is 917. The van der Waals surface area contributed by atoms with E-state index in [4.69, 9.17) is 4.74 Å². The molecule has 1 heterocycles. The van der Waals surface area contributed by atoms with Gasteiger partial charge < -0.3 is 4.74 Å². The van der Waals surface area contributed by atoms with Crippen molar-refractivity contribution in [1.29, 1.82) is 0 Å². The van der Waals surface area contributed by atoms with Gasteiger partial charge in [-0.3, -0.25) is 4.79 Å². The van der Waals surface area contributed by atoms with E-state index in [0.717, 1.165) is 6.26 Å². The van der Waals surface area contributed by atoms with Crippen LogP contribution in [0.2, 0.25) is 0 Å². The fourth-order valence-electron chi connectivity index (χ4n) is 3.15. The normalized spacial score (nSPS) is 23.0. The van der Waals surface area contributed by atoms with Crippen molar-refractivity contribution in [3.63, 3.8) is 0 Å². The van der Waals surface area contributed by atoms with Gasteiger partial charge in [-0.05, 0) is 49.2 Å². The van der Waals surface area contributed by atoms with Crippen LogP contribution in [0.15, 0.2) is 53.4 Å². The Balaban J connectivity index is 2.05. The van der Waals surface area contributed by atoms with Crippen LogP contribution >= 0.6 is 0 Å². The van der Waals surface area contributed by atoms with Crippen molar-refractivity contribution >= 4 is 15.6 Å². The van der Waals surface area contributed by atoms with Crippen LogP contribution < -0.4 is 0 Å². The molecule has 1 fully saturated rings. The minimum Gasteiger partial charge on any atom is -0.359 e. The van der Waals surface area contributed by atoms with E-state index < -0.39 is 33.3 Å². The Kier molecular flexibility index (Phi) is 4.29. The molecule has 6 heteroatoms. The Morgan fingerprint density at radius 2 is 1.68 bits per heavy atom. The second-order valence-electron chi connectivity index (χ2n) is 6.79. The van der Waals surface area contributed by atoms with Crippen molar-refractivity contribution in [2.45, 2.75) is 36.4 Å². The smallest absolute Gasteiger partial charge is 0.175 e. The molecule has 1 saturated heterocycles. The number of ether oxygens (including phenoxy) is 1. The van der Waals surface area contributed by atoms with Crippen LogP contribution in [-0.4, -0.2) is 26.1 Å². The molecule has 0 aliphatic carbocycles. The summed E-state index contributed by atoms with van der Waals surface area (Å²) in [4.78, 5) is 13.0. The maximum Gasteiger partial charge on any atom is 0.175 e. The van der Waals surface area contributed by atoms with Gasteiger partial charge in [0.1, 0.15) is 11.4 Å². The van der Waals surface area contributed by atoms with Gasteiger partial charge in [0.25, 0.3) is 0 Å². The third-order valence-electron chi connectivity index (χ3n) is 4.44. The van der Waals surface area contributed by atoms with Crippen molar-refractivity contribution in [1.82, 2.24) is 0 Å². The van der Waals surface area contributed by atoms with E-state index in [0.29, 0.717) is 11.1 Å². The number of rotatable bonds is 3. The summed E-state index contributed by atoms with van der Waals surface area (Å²) in [6.45, 7) is 3.37. The third-order valence-corrected chi connectivity index (χ3v) is 5.57. The lowest BCUT2D eigenvalue weighted by atomic mass is 9.84. The van der Waals surface area contributed by atoms with Gasteiger partial charge in [-0.1, -0.05) is 24.3 Å². The Labute approximate surface area is 146 Å². The van der Waals surface area contributed by atoms with Crippen molar-refractivity contribution < 1.29 is 22.3 Å². The fraction of sp³-hybridized carbons (Fsp3) is 0.316. The minimum atomic E-state index is -3.32. The molecule has 0 amide bonds. The standard InChI is InChI=1S/C19H19FO4S/c1-19(2)18(21)16(12-7-9-15(10-8-12)25(3,22)23)17(24-19)13-5-4-6-14(20)11-13/h4-11,16-17H,1-3H3. The average Bonchev–Trinajstić information content (AvgIpc) is 2.77. The van der Waals surface area contributed by atoms with Gasteiger partial charge in [0.05, 0.1) is 16.9 Å². The van der Waals surface area contributed by atoms with Crippen LogP contribution in [0, 0.1) is 5.82 Å². The maximum atomic E-state index is 13.6. The largest absolute Gasteiger partial charge is 0.359 e. The lowest BCUT2D eigenvalue weighted by Gasteiger charge is -2.19. The summed E-state index contributed by atoms with van der Waals surface area (Å²) >= 11 is 0. The van der Waals surface area contributed by atoms with Gasteiger partial charge in [0.2, 0.25) is 0 Å². The van der Waals surface area contributed by atoms with Gasteiger partial charge in [0.15, 0.2) is 15.6 Å². The molecule has 2 atom stereocenters. The molecule has 1 aliphatic rings. The quantitative estimate of drug-likeness (QED) is 0.839. The Morgan fingerprint density at radius 1 is 1.04 bits per heavy atom. The van der Waals surface area contributed by atoms with E-state index in [1.54, 1.807) is 38.1 Å². The molecule has 2 aromatic rings. The van der Waals surface area contributed by atoms with Gasteiger partial charge >= 0.3 is 0 Å². The zero-order valence-electron chi connectivity index (χ0n) is 14.2. The summed E-state index contributed by atoms with van der Waals surface area (Å²) in [5, 5.41) is 0. The molecule has 132 valence electrons. The minimum absolute atomic E-state index is 0.117. The molecular weight excluding hydrogens is 343 g/mol. The molecule has 0 aromatic heterocycles. The highest BCUT2D eigenvalue weighted by atomic mass is 32.2. The molecule has 2 unspecified atom stereocenters. The monoisotopic (exact) mass is 362 g/mol. The first-order chi connectivity index (χ1) is 11.6. The van der Waals surface area contributed by atoms with Crippen molar-refractivity contribution in [3.05, 3.63) is 65.5 Å². The first-order valence-corrected chi connectivity index (χ1v) is 9.76. The van der Waals surface area contributed by atoms with E-state index in [1.807, 2.05) is 0 Å². The number of Topliss-reactive ketones (excluding diaryl/α,β-unsaturated/α-hetero) is 1. The van der Waals surface area contributed by atoms with E-state index in [9.17, 15) is 17.6 Å². The topological polar surface area (TPSA) is 60.4 Å². The first kappa shape index (κ1) is 17.8. The zero-order chi connectivity index (χ0) is 18.4. The number of hydrogen-bond donors (Lipinski definition) is 0. The summed E-state index contributed by atoms with van der Waals surface area (Å²) in [7, 11) is -3.32. The van der Waals surface area contributed by atoms with Crippen LogP contribution in [-0.2, 0) is 19.4 Å². The number of carbonyl (C=O) groups is 1. The number of ketones is 1. The number of benzene rings is 2. The molecule has 3 rings (SSSR count). The average molecular weight is 362 g/mol. The number of carbonyl (C=O) groups excluding carboxylic acids is 1. The van der Waals surface area contributed by atoms with Crippen molar-refractivity contribution in [3.8, 4) is 0 Å². The highest BCUT2D eigenvalue weighted by Gasteiger charge is 2.49. The van der Waals surface area contributed by atoms with Crippen LogP contribution in [0.25, 0.3) is 0 Å². The molecule has 0 radical (unpaired) electrons. The summed E-state index contributed by atoms with van der Waals surface area (Å²) in [6, 6.07) is 12.2. The number of hydrogen-bond acceptors (Lipinski definition) is 4. The molecule has 25 heavy (non-hydrogen) atoms.